The zero-order valence-electron chi connectivity index (χ0n) is 14.1. The molecule has 7 nitrogen and oxygen atoms in total. The molecule has 24 heavy (non-hydrogen) atoms. The van der Waals surface area contributed by atoms with E-state index in [9.17, 15) is 10.1 Å². The molecule has 0 aromatic carbocycles. The molecule has 2 heterocycles. The van der Waals surface area contributed by atoms with Gasteiger partial charge in [0.1, 0.15) is 17.5 Å². The summed E-state index contributed by atoms with van der Waals surface area (Å²) in [6, 6.07) is 3.85. The van der Waals surface area contributed by atoms with Gasteiger partial charge < -0.3 is 10.8 Å². The highest BCUT2D eigenvalue weighted by Crippen LogP contribution is 2.32. The van der Waals surface area contributed by atoms with Crippen LogP contribution in [0.25, 0.3) is 11.1 Å². The first-order valence-corrected chi connectivity index (χ1v) is 7.84. The lowest BCUT2D eigenvalue weighted by molar-refractivity contribution is -0.137. The lowest BCUT2D eigenvalue weighted by Crippen LogP contribution is -2.08. The van der Waals surface area contributed by atoms with Crippen LogP contribution >= 0.6 is 0 Å². The number of hydrogen-bond donors (Lipinski definition) is 2. The zero-order valence-corrected chi connectivity index (χ0v) is 14.1. The van der Waals surface area contributed by atoms with E-state index in [4.69, 9.17) is 10.8 Å². The van der Waals surface area contributed by atoms with Gasteiger partial charge >= 0.3 is 5.97 Å². The van der Waals surface area contributed by atoms with Gasteiger partial charge in [0.15, 0.2) is 0 Å². The maximum atomic E-state index is 11.0. The molecule has 3 N–H and O–H groups in total. The molecule has 0 aliphatic rings. The standard InChI is InChI=1S/C17H21N5O2/c1-4-5-22-11(3)14(9-20-22)12-7-15(10(2)6-16(23)24)21-17(19)13(12)8-18/h7,9-10H,4-6H2,1-3H3,(H2,19,21)(H,23,24). The molecule has 0 spiro atoms. The van der Waals surface area contributed by atoms with Crippen molar-refractivity contribution in [1.82, 2.24) is 14.8 Å². The van der Waals surface area contributed by atoms with Gasteiger partial charge in [-0.15, -0.1) is 0 Å². The molecule has 0 bridgehead atoms. The summed E-state index contributed by atoms with van der Waals surface area (Å²) in [7, 11) is 0. The van der Waals surface area contributed by atoms with E-state index in [0.717, 1.165) is 24.2 Å². The molecule has 126 valence electrons. The Balaban J connectivity index is 2.58. The summed E-state index contributed by atoms with van der Waals surface area (Å²) in [5, 5.41) is 22.8. The largest absolute Gasteiger partial charge is 0.481 e. The lowest BCUT2D eigenvalue weighted by atomic mass is 9.96. The molecule has 0 aliphatic carbocycles. The highest BCUT2D eigenvalue weighted by atomic mass is 16.4. The van der Waals surface area contributed by atoms with Gasteiger partial charge in [0, 0.05) is 35.0 Å². The highest BCUT2D eigenvalue weighted by molar-refractivity contribution is 5.77. The number of nitriles is 1. The minimum Gasteiger partial charge on any atom is -0.481 e. The summed E-state index contributed by atoms with van der Waals surface area (Å²) in [6.45, 7) is 6.57. The van der Waals surface area contributed by atoms with Gasteiger partial charge in [-0.2, -0.15) is 10.4 Å². The van der Waals surface area contributed by atoms with Crippen molar-refractivity contribution >= 4 is 11.8 Å². The predicted octanol–water partition coefficient (Wildman–Crippen LogP) is 2.70. The first kappa shape index (κ1) is 17.5. The Labute approximate surface area is 140 Å². The number of carboxylic acid groups (broad SMARTS) is 1. The number of hydrogen-bond acceptors (Lipinski definition) is 5. The molecule has 0 fully saturated rings. The summed E-state index contributed by atoms with van der Waals surface area (Å²) in [6.07, 6.45) is 2.62. The second kappa shape index (κ2) is 7.13. The molecule has 7 heteroatoms. The molecule has 1 unspecified atom stereocenters. The number of aryl methyl sites for hydroxylation is 1. The molecule has 0 saturated carbocycles. The average molecular weight is 327 g/mol. The van der Waals surface area contributed by atoms with Crippen LogP contribution in [0.2, 0.25) is 0 Å². The van der Waals surface area contributed by atoms with Crippen LogP contribution in [0.1, 0.15) is 49.6 Å². The summed E-state index contributed by atoms with van der Waals surface area (Å²) < 4.78 is 1.88. The summed E-state index contributed by atoms with van der Waals surface area (Å²) >= 11 is 0. The minimum absolute atomic E-state index is 0.0497. The van der Waals surface area contributed by atoms with Gasteiger partial charge in [0.2, 0.25) is 0 Å². The molecule has 1 atom stereocenters. The van der Waals surface area contributed by atoms with Crippen molar-refractivity contribution in [1.29, 1.82) is 5.26 Å². The minimum atomic E-state index is -0.902. The van der Waals surface area contributed by atoms with E-state index in [1.54, 1.807) is 19.2 Å². The molecule has 2 rings (SSSR count). The van der Waals surface area contributed by atoms with E-state index in [-0.39, 0.29) is 18.2 Å². The maximum Gasteiger partial charge on any atom is 0.304 e. The maximum absolute atomic E-state index is 11.0. The monoisotopic (exact) mass is 327 g/mol. The van der Waals surface area contributed by atoms with E-state index in [2.05, 4.69) is 23.1 Å². The molecular weight excluding hydrogens is 306 g/mol. The van der Waals surface area contributed by atoms with Crippen molar-refractivity contribution in [3.63, 3.8) is 0 Å². The molecular formula is C17H21N5O2. The average Bonchev–Trinajstić information content (AvgIpc) is 2.87. The normalized spacial score (nSPS) is 11.9. The van der Waals surface area contributed by atoms with Gasteiger partial charge in [-0.05, 0) is 19.4 Å². The molecule has 0 saturated heterocycles. The van der Waals surface area contributed by atoms with Crippen molar-refractivity contribution in [2.45, 2.75) is 46.1 Å². The van der Waals surface area contributed by atoms with Crippen LogP contribution in [-0.2, 0) is 11.3 Å². The van der Waals surface area contributed by atoms with Crippen LogP contribution in [0.5, 0.6) is 0 Å². The second-order valence-corrected chi connectivity index (χ2v) is 5.83. The number of anilines is 1. The Bertz CT molecular complexity index is 804. The smallest absolute Gasteiger partial charge is 0.304 e. The first-order valence-electron chi connectivity index (χ1n) is 7.84. The third-order valence-corrected chi connectivity index (χ3v) is 3.99. The quantitative estimate of drug-likeness (QED) is 0.842. The Kier molecular flexibility index (Phi) is 5.19. The Morgan fingerprint density at radius 2 is 2.21 bits per heavy atom. The van der Waals surface area contributed by atoms with Crippen LogP contribution in [0.15, 0.2) is 12.3 Å². The van der Waals surface area contributed by atoms with Crippen LogP contribution in [0.3, 0.4) is 0 Å². The molecule has 0 radical (unpaired) electrons. The van der Waals surface area contributed by atoms with E-state index in [0.29, 0.717) is 16.8 Å². The third-order valence-electron chi connectivity index (χ3n) is 3.99. The fourth-order valence-corrected chi connectivity index (χ4v) is 2.68. The molecule has 2 aromatic rings. The number of nitrogens with zero attached hydrogens (tertiary/aromatic N) is 4. The molecule has 0 aliphatic heterocycles. The fourth-order valence-electron chi connectivity index (χ4n) is 2.68. The summed E-state index contributed by atoms with van der Waals surface area (Å²) in [5.74, 6) is -1.09. The van der Waals surface area contributed by atoms with E-state index < -0.39 is 5.97 Å². The fraction of sp³-hybridized carbons (Fsp3) is 0.412. The van der Waals surface area contributed by atoms with Crippen molar-refractivity contribution in [2.75, 3.05) is 5.73 Å². The Morgan fingerprint density at radius 1 is 1.50 bits per heavy atom. The van der Waals surface area contributed by atoms with Gasteiger partial charge in [0.25, 0.3) is 0 Å². The van der Waals surface area contributed by atoms with Crippen LogP contribution in [0, 0.1) is 18.3 Å². The van der Waals surface area contributed by atoms with E-state index in [1.165, 1.54) is 0 Å². The third kappa shape index (κ3) is 3.38. The summed E-state index contributed by atoms with van der Waals surface area (Å²) in [4.78, 5) is 15.2. The van der Waals surface area contributed by atoms with E-state index >= 15 is 0 Å². The van der Waals surface area contributed by atoms with Gasteiger partial charge in [0.05, 0.1) is 12.6 Å². The molecule has 0 amide bonds. The Morgan fingerprint density at radius 3 is 2.79 bits per heavy atom. The Hall–Kier alpha value is -2.88. The van der Waals surface area contributed by atoms with Crippen LogP contribution in [-0.4, -0.2) is 25.8 Å². The lowest BCUT2D eigenvalue weighted by Gasteiger charge is -2.13. The number of nitrogens with two attached hydrogens (primary N) is 1. The van der Waals surface area contributed by atoms with Crippen LogP contribution in [0.4, 0.5) is 5.82 Å². The van der Waals surface area contributed by atoms with Crippen LogP contribution < -0.4 is 5.73 Å². The number of carboxylic acids is 1. The topological polar surface area (TPSA) is 118 Å². The number of nitrogen functional groups attached to an aromatic ring is 1. The number of aliphatic carboxylic acids is 1. The number of pyridine rings is 1. The highest BCUT2D eigenvalue weighted by Gasteiger charge is 2.20. The predicted molar refractivity (Wildman–Crippen MR) is 90.3 cm³/mol. The van der Waals surface area contributed by atoms with Gasteiger partial charge in [-0.3, -0.25) is 9.48 Å². The second-order valence-electron chi connectivity index (χ2n) is 5.83. The van der Waals surface area contributed by atoms with Crippen molar-refractivity contribution in [2.24, 2.45) is 0 Å². The number of rotatable bonds is 6. The number of carbonyl (C=O) groups is 1. The number of aromatic nitrogens is 3. The van der Waals surface area contributed by atoms with Gasteiger partial charge in [-0.25, -0.2) is 4.98 Å². The SMILES string of the molecule is CCCn1ncc(-c2cc(C(C)CC(=O)O)nc(N)c2C#N)c1C. The van der Waals surface area contributed by atoms with Gasteiger partial charge in [-0.1, -0.05) is 13.8 Å². The van der Waals surface area contributed by atoms with Crippen molar-refractivity contribution < 1.29 is 9.90 Å². The molecule has 2 aromatic heterocycles. The summed E-state index contributed by atoms with van der Waals surface area (Å²) in [5.41, 5.74) is 9.21. The van der Waals surface area contributed by atoms with E-state index in [1.807, 2.05) is 11.6 Å². The zero-order chi connectivity index (χ0) is 17.9. The first-order chi connectivity index (χ1) is 11.4. The van der Waals surface area contributed by atoms with Crippen molar-refractivity contribution in [3.8, 4) is 17.2 Å². The van der Waals surface area contributed by atoms with Crippen molar-refractivity contribution in [3.05, 3.63) is 29.2 Å².